The average molecular weight is 477 g/mol. The minimum Gasteiger partial charge on any atom is -0.463 e. The number of nitrogens with zero attached hydrogens (tertiary/aromatic N) is 1. The van der Waals surface area contributed by atoms with Crippen molar-refractivity contribution in [1.82, 2.24) is 15.8 Å². The third kappa shape index (κ3) is 4.84. The number of hydrogen-bond acceptors (Lipinski definition) is 6. The van der Waals surface area contributed by atoms with Crippen LogP contribution in [-0.2, 0) is 4.79 Å². The van der Waals surface area contributed by atoms with Crippen LogP contribution in [-0.4, -0.2) is 22.7 Å². The molecule has 0 aliphatic rings. The first-order valence-corrected chi connectivity index (χ1v) is 11.4. The molecule has 3 amide bonds. The molecule has 4 rings (SSSR count). The van der Waals surface area contributed by atoms with E-state index in [9.17, 15) is 14.4 Å². The van der Waals surface area contributed by atoms with Gasteiger partial charge in [0.25, 0.3) is 11.8 Å². The van der Waals surface area contributed by atoms with Gasteiger partial charge in [0.2, 0.25) is 5.91 Å². The maximum absolute atomic E-state index is 13.0. The molecule has 0 spiro atoms. The number of amides is 3. The summed E-state index contributed by atoms with van der Waals surface area (Å²) in [5, 5.41) is 4.03. The van der Waals surface area contributed by atoms with Crippen molar-refractivity contribution in [1.29, 1.82) is 0 Å². The predicted octanol–water partition coefficient (Wildman–Crippen LogP) is 4.92. The van der Waals surface area contributed by atoms with E-state index in [1.165, 1.54) is 6.26 Å². The van der Waals surface area contributed by atoms with E-state index >= 15 is 0 Å². The highest BCUT2D eigenvalue weighted by Gasteiger charge is 2.23. The van der Waals surface area contributed by atoms with Crippen molar-refractivity contribution >= 4 is 45.0 Å². The quantitative estimate of drug-likeness (QED) is 0.362. The maximum atomic E-state index is 13.0. The van der Waals surface area contributed by atoms with E-state index in [4.69, 9.17) is 4.42 Å². The summed E-state index contributed by atoms with van der Waals surface area (Å²) in [5.74, 6) is -0.583. The Balaban J connectivity index is 1.52. The van der Waals surface area contributed by atoms with Crippen LogP contribution in [0.1, 0.15) is 46.4 Å². The topological polar surface area (TPSA) is 113 Å². The molecule has 174 valence electrons. The van der Waals surface area contributed by atoms with Crippen molar-refractivity contribution < 1.29 is 18.8 Å². The summed E-state index contributed by atoms with van der Waals surface area (Å²) >= 11 is 1.15. The Labute approximate surface area is 200 Å². The first-order chi connectivity index (χ1) is 16.1. The Kier molecular flexibility index (Phi) is 6.21. The molecule has 8 nitrogen and oxygen atoms in total. The zero-order valence-electron chi connectivity index (χ0n) is 19.2. The molecule has 34 heavy (non-hydrogen) atoms. The standard InChI is InChI=1S/C25H24N4O4S/c1-14-12-20(27-24(32)25(2,3)4)34-21(14)23(31)29-28-22(30)16-13-18(19-10-7-11-33-19)26-17-9-6-5-8-15(16)17/h5-13H,1-4H3,(H,27,32)(H,28,30)(H,29,31). The van der Waals surface area contributed by atoms with Crippen LogP contribution in [0.4, 0.5) is 5.00 Å². The number of benzene rings is 1. The van der Waals surface area contributed by atoms with Crippen LogP contribution in [0.5, 0.6) is 0 Å². The lowest BCUT2D eigenvalue weighted by atomic mass is 9.96. The molecule has 4 aromatic rings. The molecule has 3 aromatic heterocycles. The number of pyridine rings is 1. The van der Waals surface area contributed by atoms with E-state index in [0.29, 0.717) is 43.4 Å². The number of fused-ring (bicyclic) bond motifs is 1. The molecule has 0 saturated carbocycles. The lowest BCUT2D eigenvalue weighted by Gasteiger charge is -2.16. The fraction of sp³-hybridized carbons (Fsp3) is 0.200. The van der Waals surface area contributed by atoms with Gasteiger partial charge in [0.05, 0.1) is 27.2 Å². The van der Waals surface area contributed by atoms with E-state index in [0.717, 1.165) is 11.3 Å². The number of furan rings is 1. The van der Waals surface area contributed by atoms with Crippen LogP contribution in [0.3, 0.4) is 0 Å². The number of nitrogens with one attached hydrogen (secondary N) is 3. The van der Waals surface area contributed by atoms with E-state index < -0.39 is 17.2 Å². The summed E-state index contributed by atoms with van der Waals surface area (Å²) in [7, 11) is 0. The van der Waals surface area contributed by atoms with Crippen LogP contribution in [0.15, 0.2) is 59.2 Å². The highest BCUT2D eigenvalue weighted by Crippen LogP contribution is 2.29. The molecule has 9 heteroatoms. The summed E-state index contributed by atoms with van der Waals surface area (Å²) in [6.07, 6.45) is 1.54. The van der Waals surface area contributed by atoms with E-state index in [2.05, 4.69) is 21.2 Å². The van der Waals surface area contributed by atoms with Crippen LogP contribution in [0, 0.1) is 12.3 Å². The lowest BCUT2D eigenvalue weighted by Crippen LogP contribution is -2.41. The number of hydrazine groups is 1. The number of anilines is 1. The van der Waals surface area contributed by atoms with Gasteiger partial charge in [0.1, 0.15) is 5.69 Å². The number of hydrogen-bond donors (Lipinski definition) is 3. The summed E-state index contributed by atoms with van der Waals surface area (Å²) in [4.78, 5) is 43.0. The zero-order chi connectivity index (χ0) is 24.5. The van der Waals surface area contributed by atoms with Gasteiger partial charge in [-0.05, 0) is 42.8 Å². The number of aryl methyl sites for hydroxylation is 1. The first-order valence-electron chi connectivity index (χ1n) is 10.6. The lowest BCUT2D eigenvalue weighted by molar-refractivity contribution is -0.123. The Morgan fingerprint density at radius 1 is 0.971 bits per heavy atom. The molecule has 0 fully saturated rings. The number of thiophene rings is 1. The summed E-state index contributed by atoms with van der Waals surface area (Å²) in [6, 6.07) is 14.1. The van der Waals surface area contributed by atoms with Crippen LogP contribution in [0.2, 0.25) is 0 Å². The fourth-order valence-electron chi connectivity index (χ4n) is 3.22. The van der Waals surface area contributed by atoms with Crippen LogP contribution >= 0.6 is 11.3 Å². The Hall–Kier alpha value is -3.98. The monoisotopic (exact) mass is 476 g/mol. The van der Waals surface area contributed by atoms with Crippen LogP contribution in [0.25, 0.3) is 22.4 Å². The molecule has 3 N–H and O–H groups in total. The molecule has 0 unspecified atom stereocenters. The minimum absolute atomic E-state index is 0.147. The third-order valence-electron chi connectivity index (χ3n) is 5.07. The van der Waals surface area contributed by atoms with Crippen molar-refractivity contribution in [2.75, 3.05) is 5.32 Å². The highest BCUT2D eigenvalue weighted by molar-refractivity contribution is 7.18. The second kappa shape index (κ2) is 9.11. The molecule has 3 heterocycles. The second-order valence-electron chi connectivity index (χ2n) is 8.78. The molecule has 0 saturated heterocycles. The molecule has 0 atom stereocenters. The van der Waals surface area contributed by atoms with Gasteiger partial charge in [0, 0.05) is 10.8 Å². The molecule has 0 radical (unpaired) electrons. The molecule has 1 aromatic carbocycles. The minimum atomic E-state index is -0.559. The van der Waals surface area contributed by atoms with Gasteiger partial charge in [-0.25, -0.2) is 4.98 Å². The Morgan fingerprint density at radius 2 is 1.71 bits per heavy atom. The summed E-state index contributed by atoms with van der Waals surface area (Å²) < 4.78 is 5.43. The predicted molar refractivity (Wildman–Crippen MR) is 132 cm³/mol. The number of carbonyl (C=O) groups is 3. The summed E-state index contributed by atoms with van der Waals surface area (Å²) in [5.41, 5.74) is 6.57. The molecule has 0 aliphatic heterocycles. The van der Waals surface area contributed by atoms with Crippen molar-refractivity contribution in [3.05, 3.63) is 70.8 Å². The molecular weight excluding hydrogens is 452 g/mol. The van der Waals surface area contributed by atoms with Crippen molar-refractivity contribution in [2.45, 2.75) is 27.7 Å². The Bertz CT molecular complexity index is 1380. The third-order valence-corrected chi connectivity index (χ3v) is 6.22. The smallest absolute Gasteiger partial charge is 0.280 e. The van der Waals surface area contributed by atoms with E-state index in [1.807, 2.05) is 32.9 Å². The maximum Gasteiger partial charge on any atom is 0.280 e. The van der Waals surface area contributed by atoms with Gasteiger partial charge in [0.15, 0.2) is 5.76 Å². The molecule has 0 bridgehead atoms. The van der Waals surface area contributed by atoms with E-state index in [-0.39, 0.29) is 5.91 Å². The Morgan fingerprint density at radius 3 is 2.41 bits per heavy atom. The first kappa shape index (κ1) is 23.2. The van der Waals surface area contributed by atoms with Gasteiger partial charge >= 0.3 is 0 Å². The van der Waals surface area contributed by atoms with Crippen molar-refractivity contribution in [2.24, 2.45) is 5.41 Å². The average Bonchev–Trinajstić information content (AvgIpc) is 3.46. The molecule has 0 aliphatic carbocycles. The van der Waals surface area contributed by atoms with Crippen molar-refractivity contribution in [3.63, 3.8) is 0 Å². The largest absolute Gasteiger partial charge is 0.463 e. The number of aromatic nitrogens is 1. The fourth-order valence-corrected chi connectivity index (χ4v) is 4.18. The van der Waals surface area contributed by atoms with Crippen LogP contribution < -0.4 is 16.2 Å². The van der Waals surface area contributed by atoms with Gasteiger partial charge in [-0.15, -0.1) is 11.3 Å². The summed E-state index contributed by atoms with van der Waals surface area (Å²) in [6.45, 7) is 7.20. The van der Waals surface area contributed by atoms with Gasteiger partial charge in [-0.3, -0.25) is 25.2 Å². The number of carbonyl (C=O) groups excluding carboxylic acids is 3. The molecular formula is C25H24N4O4S. The second-order valence-corrected chi connectivity index (χ2v) is 9.84. The SMILES string of the molecule is Cc1cc(NC(=O)C(C)(C)C)sc1C(=O)NNC(=O)c1cc(-c2ccco2)nc2ccccc12. The van der Waals surface area contributed by atoms with Gasteiger partial charge < -0.3 is 9.73 Å². The normalized spacial score (nSPS) is 11.3. The van der Waals surface area contributed by atoms with Gasteiger partial charge in [-0.2, -0.15) is 0 Å². The highest BCUT2D eigenvalue weighted by atomic mass is 32.1. The number of para-hydroxylation sites is 1. The van der Waals surface area contributed by atoms with Gasteiger partial charge in [-0.1, -0.05) is 39.0 Å². The number of rotatable bonds is 4. The van der Waals surface area contributed by atoms with Crippen molar-refractivity contribution in [3.8, 4) is 11.5 Å². The zero-order valence-corrected chi connectivity index (χ0v) is 20.0. The van der Waals surface area contributed by atoms with E-state index in [1.54, 1.807) is 43.3 Å².